The van der Waals surface area contributed by atoms with Crippen molar-refractivity contribution >= 4 is 21.8 Å². The Balaban J connectivity index is 1.60. The van der Waals surface area contributed by atoms with E-state index in [0.29, 0.717) is 12.3 Å². The second-order valence-electron chi connectivity index (χ2n) is 6.48. The monoisotopic (exact) mass is 423 g/mol. The van der Waals surface area contributed by atoms with E-state index < -0.39 is 6.10 Å². The Morgan fingerprint density at radius 2 is 1.59 bits per heavy atom. The van der Waals surface area contributed by atoms with Gasteiger partial charge in [0.05, 0.1) is 0 Å². The first-order chi connectivity index (χ1) is 13.1. The molecule has 1 aliphatic heterocycles. The molecule has 1 amide bonds. The highest BCUT2D eigenvalue weighted by molar-refractivity contribution is 9.10. The molecule has 1 saturated heterocycles. The van der Waals surface area contributed by atoms with Crippen molar-refractivity contribution < 1.29 is 14.6 Å². The molecule has 0 bridgehead atoms. The quantitative estimate of drug-likeness (QED) is 0.605. The van der Waals surface area contributed by atoms with Crippen molar-refractivity contribution in [3.63, 3.8) is 0 Å². The van der Waals surface area contributed by atoms with E-state index in [4.69, 9.17) is 4.74 Å². The molecule has 5 heteroatoms. The molecular formula is C22H18BrNO3. The Morgan fingerprint density at radius 1 is 0.926 bits per heavy atom. The molecule has 136 valence electrons. The summed E-state index contributed by atoms with van der Waals surface area (Å²) in [5, 5.41) is 9.44. The Labute approximate surface area is 166 Å². The van der Waals surface area contributed by atoms with E-state index in [1.807, 2.05) is 59.5 Å². The van der Waals surface area contributed by atoms with Crippen LogP contribution in [0, 0.1) is 0 Å². The van der Waals surface area contributed by atoms with Gasteiger partial charge in [-0.05, 0) is 47.5 Å². The largest absolute Gasteiger partial charge is 0.508 e. The number of amides is 1. The van der Waals surface area contributed by atoms with Gasteiger partial charge >= 0.3 is 0 Å². The Bertz CT molecular complexity index is 926. The van der Waals surface area contributed by atoms with Crippen LogP contribution in [0.5, 0.6) is 11.5 Å². The van der Waals surface area contributed by atoms with E-state index in [0.717, 1.165) is 15.6 Å². The van der Waals surface area contributed by atoms with Crippen molar-refractivity contribution in [2.45, 2.75) is 18.7 Å². The van der Waals surface area contributed by atoms with Gasteiger partial charge in [-0.1, -0.05) is 58.4 Å². The number of phenolic OH excluding ortho intramolecular Hbond substituents is 1. The average molecular weight is 424 g/mol. The number of carbonyl (C=O) groups is 1. The fourth-order valence-corrected chi connectivity index (χ4v) is 3.54. The van der Waals surface area contributed by atoms with Crippen molar-refractivity contribution in [1.29, 1.82) is 0 Å². The molecule has 4 nitrogen and oxygen atoms in total. The lowest BCUT2D eigenvalue weighted by atomic mass is 9.90. The molecule has 0 aliphatic carbocycles. The van der Waals surface area contributed by atoms with Crippen LogP contribution < -0.4 is 4.74 Å². The van der Waals surface area contributed by atoms with Gasteiger partial charge in [0.2, 0.25) is 6.10 Å². The SMILES string of the molecule is O=C1[C@@H](Oc2ccc(O)cc2)[C@@H](c2ccc(Br)cc2)N1Cc1ccccc1. The molecule has 0 unspecified atom stereocenters. The smallest absolute Gasteiger partial charge is 0.267 e. The number of ether oxygens (including phenoxy) is 1. The standard InChI is InChI=1S/C22H18BrNO3/c23-17-8-6-16(7-9-17)20-21(27-19-12-10-18(25)11-13-19)22(26)24(20)14-15-4-2-1-3-5-15/h1-13,20-21,25H,14H2/t20-,21+/m1/s1. The highest BCUT2D eigenvalue weighted by Gasteiger charge is 2.50. The Morgan fingerprint density at radius 3 is 2.26 bits per heavy atom. The van der Waals surface area contributed by atoms with Gasteiger partial charge in [-0.2, -0.15) is 0 Å². The molecule has 0 spiro atoms. The lowest BCUT2D eigenvalue weighted by molar-refractivity contribution is -0.165. The number of nitrogens with zero attached hydrogens (tertiary/aromatic N) is 1. The maximum Gasteiger partial charge on any atom is 0.267 e. The molecule has 1 fully saturated rings. The number of β-lactam (4-membered cyclic amide) rings is 1. The third-order valence-corrected chi connectivity index (χ3v) is 5.18. The first-order valence-electron chi connectivity index (χ1n) is 8.67. The van der Waals surface area contributed by atoms with Crippen LogP contribution in [0.25, 0.3) is 0 Å². The zero-order valence-corrected chi connectivity index (χ0v) is 16.0. The van der Waals surface area contributed by atoms with Crippen molar-refractivity contribution in [3.8, 4) is 11.5 Å². The van der Waals surface area contributed by atoms with Gasteiger partial charge < -0.3 is 14.7 Å². The van der Waals surface area contributed by atoms with Crippen LogP contribution in [0.2, 0.25) is 0 Å². The van der Waals surface area contributed by atoms with Crippen molar-refractivity contribution in [1.82, 2.24) is 4.90 Å². The summed E-state index contributed by atoms with van der Waals surface area (Å²) >= 11 is 3.46. The maximum absolute atomic E-state index is 12.8. The van der Waals surface area contributed by atoms with Gasteiger partial charge in [0.1, 0.15) is 17.5 Å². The number of carbonyl (C=O) groups excluding carboxylic acids is 1. The molecule has 4 rings (SSSR count). The third-order valence-electron chi connectivity index (χ3n) is 4.66. The molecule has 2 atom stereocenters. The molecule has 0 radical (unpaired) electrons. The zero-order valence-electron chi connectivity index (χ0n) is 14.5. The van der Waals surface area contributed by atoms with Gasteiger partial charge in [0, 0.05) is 11.0 Å². The van der Waals surface area contributed by atoms with E-state index in [1.165, 1.54) is 0 Å². The summed E-state index contributed by atoms with van der Waals surface area (Å²) in [6, 6.07) is 24.2. The van der Waals surface area contributed by atoms with Crippen LogP contribution in [-0.4, -0.2) is 22.0 Å². The minimum Gasteiger partial charge on any atom is -0.508 e. The molecule has 1 aliphatic rings. The first-order valence-corrected chi connectivity index (χ1v) is 9.47. The van der Waals surface area contributed by atoms with Gasteiger partial charge in [-0.3, -0.25) is 4.79 Å². The van der Waals surface area contributed by atoms with Crippen LogP contribution >= 0.6 is 15.9 Å². The van der Waals surface area contributed by atoms with Gasteiger partial charge in [0.25, 0.3) is 5.91 Å². The number of halogens is 1. The second-order valence-corrected chi connectivity index (χ2v) is 7.40. The lowest BCUT2D eigenvalue weighted by Crippen LogP contribution is -2.60. The van der Waals surface area contributed by atoms with Crippen LogP contribution in [0.3, 0.4) is 0 Å². The third kappa shape index (κ3) is 3.69. The van der Waals surface area contributed by atoms with Crippen LogP contribution in [0.1, 0.15) is 17.2 Å². The predicted molar refractivity (Wildman–Crippen MR) is 106 cm³/mol. The highest BCUT2D eigenvalue weighted by atomic mass is 79.9. The fourth-order valence-electron chi connectivity index (χ4n) is 3.27. The molecule has 3 aromatic rings. The number of rotatable bonds is 5. The first kappa shape index (κ1) is 17.6. The topological polar surface area (TPSA) is 49.8 Å². The summed E-state index contributed by atoms with van der Waals surface area (Å²) in [6.07, 6.45) is -0.584. The van der Waals surface area contributed by atoms with Crippen LogP contribution in [0.15, 0.2) is 83.3 Å². The van der Waals surface area contributed by atoms with E-state index in [9.17, 15) is 9.90 Å². The Hall–Kier alpha value is -2.79. The molecule has 0 aromatic heterocycles. The van der Waals surface area contributed by atoms with Crippen molar-refractivity contribution in [2.75, 3.05) is 0 Å². The summed E-state index contributed by atoms with van der Waals surface area (Å²) < 4.78 is 6.96. The second kappa shape index (κ2) is 7.45. The number of phenols is 1. The zero-order chi connectivity index (χ0) is 18.8. The normalized spacial score (nSPS) is 18.9. The minimum atomic E-state index is -0.584. The molecule has 0 saturated carbocycles. The molecule has 1 heterocycles. The van der Waals surface area contributed by atoms with Gasteiger partial charge in [-0.15, -0.1) is 0 Å². The number of likely N-dealkylation sites (tertiary alicyclic amines) is 1. The molecule has 3 aromatic carbocycles. The van der Waals surface area contributed by atoms with Crippen molar-refractivity contribution in [2.24, 2.45) is 0 Å². The summed E-state index contributed by atoms with van der Waals surface area (Å²) in [5.74, 6) is 0.685. The number of benzene rings is 3. The van der Waals surface area contributed by atoms with Crippen LogP contribution in [-0.2, 0) is 11.3 Å². The summed E-state index contributed by atoms with van der Waals surface area (Å²) in [5.41, 5.74) is 2.11. The summed E-state index contributed by atoms with van der Waals surface area (Å²) in [7, 11) is 0. The summed E-state index contributed by atoms with van der Waals surface area (Å²) in [6.45, 7) is 0.538. The van der Waals surface area contributed by atoms with E-state index in [2.05, 4.69) is 15.9 Å². The molecule has 27 heavy (non-hydrogen) atoms. The van der Waals surface area contributed by atoms with Gasteiger partial charge in [-0.25, -0.2) is 0 Å². The summed E-state index contributed by atoms with van der Waals surface area (Å²) in [4.78, 5) is 14.7. The van der Waals surface area contributed by atoms with Crippen molar-refractivity contribution in [3.05, 3.63) is 94.5 Å². The van der Waals surface area contributed by atoms with E-state index >= 15 is 0 Å². The van der Waals surface area contributed by atoms with Crippen LogP contribution in [0.4, 0.5) is 0 Å². The van der Waals surface area contributed by atoms with Gasteiger partial charge in [0.15, 0.2) is 0 Å². The number of aromatic hydroxyl groups is 1. The lowest BCUT2D eigenvalue weighted by Gasteiger charge is -2.47. The molecular weight excluding hydrogens is 406 g/mol. The molecule has 1 N–H and O–H groups in total. The average Bonchev–Trinajstić information content (AvgIpc) is 2.70. The number of hydrogen-bond donors (Lipinski definition) is 1. The highest BCUT2D eigenvalue weighted by Crippen LogP contribution is 2.39. The Kier molecular flexibility index (Phi) is 4.86. The van der Waals surface area contributed by atoms with E-state index in [1.54, 1.807) is 24.3 Å². The number of hydrogen-bond acceptors (Lipinski definition) is 3. The fraction of sp³-hybridized carbons (Fsp3) is 0.136. The van der Waals surface area contributed by atoms with E-state index in [-0.39, 0.29) is 17.7 Å². The maximum atomic E-state index is 12.8. The minimum absolute atomic E-state index is 0.0418. The predicted octanol–water partition coefficient (Wildman–Crippen LogP) is 4.69.